The van der Waals surface area contributed by atoms with E-state index in [1.165, 1.54) is 5.56 Å². The van der Waals surface area contributed by atoms with Crippen molar-refractivity contribution < 1.29 is 26.3 Å². The molecular formula is C25H29F6N. The first-order chi connectivity index (χ1) is 15.1. The Morgan fingerprint density at radius 2 is 1.41 bits per heavy atom. The summed E-state index contributed by atoms with van der Waals surface area (Å²) in [6, 6.07) is 16.9. The third kappa shape index (κ3) is 6.27. The van der Waals surface area contributed by atoms with Crippen LogP contribution in [0.5, 0.6) is 0 Å². The van der Waals surface area contributed by atoms with E-state index in [9.17, 15) is 26.3 Å². The van der Waals surface area contributed by atoms with Gasteiger partial charge in [0.05, 0.1) is 11.8 Å². The molecule has 1 aliphatic rings. The van der Waals surface area contributed by atoms with Gasteiger partial charge in [-0.1, -0.05) is 61.5 Å². The monoisotopic (exact) mass is 457 g/mol. The molecule has 1 saturated carbocycles. The van der Waals surface area contributed by atoms with E-state index in [0.29, 0.717) is 5.56 Å². The fraction of sp³-hybridized carbons (Fsp3) is 0.520. The molecule has 0 aromatic heterocycles. The zero-order chi connectivity index (χ0) is 23.4. The molecule has 2 aromatic carbocycles. The van der Waals surface area contributed by atoms with Gasteiger partial charge in [0.25, 0.3) is 0 Å². The van der Waals surface area contributed by atoms with Crippen LogP contribution in [-0.2, 0) is 12.8 Å². The molecule has 0 amide bonds. The second-order valence-corrected chi connectivity index (χ2v) is 8.57. The summed E-state index contributed by atoms with van der Waals surface area (Å²) in [5, 5.41) is 0. The zero-order valence-corrected chi connectivity index (χ0v) is 18.1. The van der Waals surface area contributed by atoms with Crippen LogP contribution in [0.15, 0.2) is 54.6 Å². The Kier molecular flexibility index (Phi) is 7.91. The first kappa shape index (κ1) is 24.6. The van der Waals surface area contributed by atoms with Gasteiger partial charge in [0.1, 0.15) is 0 Å². The minimum Gasteiger partial charge on any atom is -0.303 e. The molecule has 0 heterocycles. The highest BCUT2D eigenvalue weighted by molar-refractivity contribution is 5.29. The first-order valence-electron chi connectivity index (χ1n) is 11.1. The molecule has 32 heavy (non-hydrogen) atoms. The van der Waals surface area contributed by atoms with Gasteiger partial charge in [-0.3, -0.25) is 0 Å². The minimum absolute atomic E-state index is 0.342. The molecular weight excluding hydrogens is 428 g/mol. The standard InChI is InChI=1S/C25H29F6N/c1-2-32(16-14-18-7-4-3-5-8-18)15-6-9-19-10-12-20(13-11-19)21-17-22(24(26,27)28)23(21)25(29,30)31/h3-5,7-8,10-13,21-23H,2,6,9,14-17H2,1H3. The van der Waals surface area contributed by atoms with E-state index in [0.717, 1.165) is 44.5 Å². The number of halogens is 6. The third-order valence-corrected chi connectivity index (χ3v) is 6.53. The third-order valence-electron chi connectivity index (χ3n) is 6.53. The van der Waals surface area contributed by atoms with Crippen molar-refractivity contribution in [2.75, 3.05) is 19.6 Å². The van der Waals surface area contributed by atoms with Gasteiger partial charge in [-0.2, -0.15) is 26.3 Å². The molecule has 3 rings (SSSR count). The van der Waals surface area contributed by atoms with E-state index >= 15 is 0 Å². The van der Waals surface area contributed by atoms with Crippen molar-refractivity contribution in [1.82, 2.24) is 4.90 Å². The lowest BCUT2D eigenvalue weighted by molar-refractivity contribution is -0.292. The largest absolute Gasteiger partial charge is 0.393 e. The lowest BCUT2D eigenvalue weighted by Gasteiger charge is -2.46. The topological polar surface area (TPSA) is 3.24 Å². The van der Waals surface area contributed by atoms with Gasteiger partial charge < -0.3 is 4.90 Å². The van der Waals surface area contributed by atoms with Crippen LogP contribution in [0.2, 0.25) is 0 Å². The molecule has 2 aromatic rings. The number of benzene rings is 2. The number of hydrogen-bond donors (Lipinski definition) is 0. The van der Waals surface area contributed by atoms with Gasteiger partial charge in [-0.15, -0.1) is 0 Å². The molecule has 0 aliphatic heterocycles. The Hall–Kier alpha value is -2.02. The van der Waals surface area contributed by atoms with Crippen LogP contribution < -0.4 is 0 Å². The zero-order valence-electron chi connectivity index (χ0n) is 18.1. The van der Waals surface area contributed by atoms with E-state index in [2.05, 4.69) is 24.0 Å². The van der Waals surface area contributed by atoms with E-state index in [1.807, 2.05) is 18.2 Å². The second-order valence-electron chi connectivity index (χ2n) is 8.57. The number of nitrogens with zero attached hydrogens (tertiary/aromatic N) is 1. The summed E-state index contributed by atoms with van der Waals surface area (Å²) >= 11 is 0. The molecule has 0 bridgehead atoms. The van der Waals surface area contributed by atoms with Crippen LogP contribution in [0.3, 0.4) is 0 Å². The number of rotatable bonds is 9. The maximum atomic E-state index is 13.2. The highest BCUT2D eigenvalue weighted by atomic mass is 19.4. The maximum absolute atomic E-state index is 13.2. The highest BCUT2D eigenvalue weighted by Gasteiger charge is 2.64. The summed E-state index contributed by atoms with van der Waals surface area (Å²) < 4.78 is 78.5. The Morgan fingerprint density at radius 3 is 1.97 bits per heavy atom. The molecule has 3 unspecified atom stereocenters. The molecule has 0 N–H and O–H groups in total. The van der Waals surface area contributed by atoms with Gasteiger partial charge in [0, 0.05) is 6.54 Å². The number of alkyl halides is 6. The van der Waals surface area contributed by atoms with Gasteiger partial charge in [0.15, 0.2) is 0 Å². The summed E-state index contributed by atoms with van der Waals surface area (Å²) in [7, 11) is 0. The summed E-state index contributed by atoms with van der Waals surface area (Å²) in [5.41, 5.74) is 2.63. The van der Waals surface area contributed by atoms with Crippen LogP contribution >= 0.6 is 0 Å². The smallest absolute Gasteiger partial charge is 0.303 e. The fourth-order valence-corrected chi connectivity index (χ4v) is 4.59. The Labute approximate surface area is 185 Å². The van der Waals surface area contributed by atoms with Gasteiger partial charge >= 0.3 is 12.4 Å². The number of likely N-dealkylation sites (N-methyl/N-ethyl adjacent to an activating group) is 1. The van der Waals surface area contributed by atoms with Crippen molar-refractivity contribution in [3.8, 4) is 0 Å². The number of aryl methyl sites for hydroxylation is 1. The van der Waals surface area contributed by atoms with Crippen molar-refractivity contribution in [3.05, 3.63) is 71.3 Å². The molecule has 0 radical (unpaired) electrons. The molecule has 1 aliphatic carbocycles. The summed E-state index contributed by atoms with van der Waals surface area (Å²) in [6.07, 6.45) is -7.51. The molecule has 176 valence electrons. The minimum atomic E-state index is -4.86. The summed E-state index contributed by atoms with van der Waals surface area (Å²) in [4.78, 5) is 2.36. The van der Waals surface area contributed by atoms with Crippen molar-refractivity contribution >= 4 is 0 Å². The van der Waals surface area contributed by atoms with Crippen LogP contribution in [0, 0.1) is 11.8 Å². The lowest BCUT2D eigenvalue weighted by Crippen LogP contribution is -2.51. The molecule has 3 atom stereocenters. The van der Waals surface area contributed by atoms with Gasteiger partial charge in [-0.25, -0.2) is 0 Å². The van der Waals surface area contributed by atoms with E-state index in [4.69, 9.17) is 0 Å². The van der Waals surface area contributed by atoms with Crippen LogP contribution in [0.1, 0.15) is 42.4 Å². The first-order valence-corrected chi connectivity index (χ1v) is 11.1. The fourth-order valence-electron chi connectivity index (χ4n) is 4.59. The molecule has 0 spiro atoms. The quantitative estimate of drug-likeness (QED) is 0.366. The highest BCUT2D eigenvalue weighted by Crippen LogP contribution is 2.59. The lowest BCUT2D eigenvalue weighted by atomic mass is 9.61. The predicted molar refractivity (Wildman–Crippen MR) is 113 cm³/mol. The average molecular weight is 458 g/mol. The number of hydrogen-bond acceptors (Lipinski definition) is 1. The van der Waals surface area contributed by atoms with Crippen molar-refractivity contribution in [3.63, 3.8) is 0 Å². The summed E-state index contributed by atoms with van der Waals surface area (Å²) in [5.74, 6) is -5.77. The van der Waals surface area contributed by atoms with Gasteiger partial charge in [0.2, 0.25) is 0 Å². The van der Waals surface area contributed by atoms with Crippen LogP contribution in [0.25, 0.3) is 0 Å². The Bertz CT molecular complexity index is 828. The summed E-state index contributed by atoms with van der Waals surface area (Å²) in [6.45, 7) is 4.92. The maximum Gasteiger partial charge on any atom is 0.393 e. The molecule has 1 nitrogen and oxygen atoms in total. The van der Waals surface area contributed by atoms with Crippen molar-refractivity contribution in [1.29, 1.82) is 0 Å². The predicted octanol–water partition coefficient (Wildman–Crippen LogP) is 7.03. The average Bonchev–Trinajstić information content (AvgIpc) is 2.69. The van der Waals surface area contributed by atoms with Gasteiger partial charge in [-0.05, 0) is 61.4 Å². The van der Waals surface area contributed by atoms with Crippen LogP contribution in [0.4, 0.5) is 26.3 Å². The normalized spacial score (nSPS) is 21.6. The van der Waals surface area contributed by atoms with E-state index < -0.39 is 36.5 Å². The molecule has 7 heteroatoms. The second kappa shape index (κ2) is 10.3. The molecule has 0 saturated heterocycles. The van der Waals surface area contributed by atoms with Crippen LogP contribution in [-0.4, -0.2) is 36.9 Å². The van der Waals surface area contributed by atoms with Crippen molar-refractivity contribution in [2.24, 2.45) is 11.8 Å². The van der Waals surface area contributed by atoms with Crippen molar-refractivity contribution in [2.45, 2.75) is 50.9 Å². The Morgan fingerprint density at radius 1 is 0.781 bits per heavy atom. The SMILES string of the molecule is CCN(CCCc1ccc(C2CC(C(F)(F)F)C2C(F)(F)F)cc1)CCc1ccccc1. The van der Waals surface area contributed by atoms with E-state index in [-0.39, 0.29) is 0 Å². The molecule has 1 fully saturated rings. The van der Waals surface area contributed by atoms with E-state index in [1.54, 1.807) is 24.3 Å². The Balaban J connectivity index is 1.50.